The van der Waals surface area contributed by atoms with Gasteiger partial charge in [0.2, 0.25) is 5.91 Å². The van der Waals surface area contributed by atoms with E-state index < -0.39 is 0 Å². The minimum absolute atomic E-state index is 0.0253. The van der Waals surface area contributed by atoms with Crippen LogP contribution in [0.15, 0.2) is 5.10 Å². The molecule has 76 valence electrons. The zero-order valence-corrected chi connectivity index (χ0v) is 8.89. The van der Waals surface area contributed by atoms with Gasteiger partial charge in [0.25, 0.3) is 0 Å². The molecular weight excluding hydrogens is 164 g/mol. The molecule has 13 heavy (non-hydrogen) atoms. The SMILES string of the molecule is CCCCCCC(=O)NN=C(C)C. The van der Waals surface area contributed by atoms with E-state index in [4.69, 9.17) is 0 Å². The highest BCUT2D eigenvalue weighted by atomic mass is 16.2. The van der Waals surface area contributed by atoms with Crippen LogP contribution in [-0.2, 0) is 4.79 Å². The number of hydrazone groups is 1. The normalized spacial score (nSPS) is 9.46. The predicted octanol–water partition coefficient (Wildman–Crippen LogP) is 2.47. The summed E-state index contributed by atoms with van der Waals surface area (Å²) in [5.74, 6) is 0.0253. The average molecular weight is 184 g/mol. The van der Waals surface area contributed by atoms with Crippen molar-refractivity contribution in [2.24, 2.45) is 5.10 Å². The number of hydrogen-bond acceptors (Lipinski definition) is 2. The molecule has 3 nitrogen and oxygen atoms in total. The van der Waals surface area contributed by atoms with E-state index in [2.05, 4.69) is 17.5 Å². The fourth-order valence-corrected chi connectivity index (χ4v) is 0.942. The molecule has 0 saturated heterocycles. The van der Waals surface area contributed by atoms with Gasteiger partial charge in [0.1, 0.15) is 0 Å². The Morgan fingerprint density at radius 3 is 2.46 bits per heavy atom. The van der Waals surface area contributed by atoms with E-state index in [1.165, 1.54) is 12.8 Å². The summed E-state index contributed by atoms with van der Waals surface area (Å²) in [5.41, 5.74) is 3.38. The molecule has 0 aromatic carbocycles. The number of amides is 1. The fraction of sp³-hybridized carbons (Fsp3) is 0.800. The lowest BCUT2D eigenvalue weighted by Crippen LogP contribution is -2.17. The van der Waals surface area contributed by atoms with Gasteiger partial charge in [0.15, 0.2) is 0 Å². The van der Waals surface area contributed by atoms with Crippen LogP contribution >= 0.6 is 0 Å². The van der Waals surface area contributed by atoms with Crippen LogP contribution in [0.3, 0.4) is 0 Å². The summed E-state index contributed by atoms with van der Waals surface area (Å²) in [7, 11) is 0. The van der Waals surface area contributed by atoms with Gasteiger partial charge in [0, 0.05) is 12.1 Å². The van der Waals surface area contributed by atoms with Gasteiger partial charge in [-0.15, -0.1) is 0 Å². The summed E-state index contributed by atoms with van der Waals surface area (Å²) in [6.07, 6.45) is 5.12. The standard InChI is InChI=1S/C10H20N2O/c1-4-5-6-7-8-10(13)12-11-9(2)3/h4-8H2,1-3H3,(H,12,13). The molecule has 1 amide bonds. The molecule has 0 atom stereocenters. The lowest BCUT2D eigenvalue weighted by atomic mass is 10.1. The predicted molar refractivity (Wildman–Crippen MR) is 55.7 cm³/mol. The first-order valence-corrected chi connectivity index (χ1v) is 4.96. The molecule has 1 N–H and O–H groups in total. The van der Waals surface area contributed by atoms with Crippen molar-refractivity contribution in [2.45, 2.75) is 52.9 Å². The van der Waals surface area contributed by atoms with Gasteiger partial charge in [-0.1, -0.05) is 26.2 Å². The van der Waals surface area contributed by atoms with Crippen LogP contribution in [0.2, 0.25) is 0 Å². The van der Waals surface area contributed by atoms with E-state index in [-0.39, 0.29) is 5.91 Å². The molecule has 0 aliphatic rings. The van der Waals surface area contributed by atoms with Gasteiger partial charge in [-0.05, 0) is 20.3 Å². The Balaban J connectivity index is 3.36. The molecule has 0 aliphatic heterocycles. The maximum Gasteiger partial charge on any atom is 0.240 e. The minimum atomic E-state index is 0.0253. The lowest BCUT2D eigenvalue weighted by Gasteiger charge is -1.99. The number of unbranched alkanes of at least 4 members (excludes halogenated alkanes) is 3. The van der Waals surface area contributed by atoms with Gasteiger partial charge in [-0.2, -0.15) is 5.10 Å². The van der Waals surface area contributed by atoms with Crippen LogP contribution in [0, 0.1) is 0 Å². The third kappa shape index (κ3) is 9.05. The molecule has 0 aromatic rings. The first kappa shape index (κ1) is 12.1. The van der Waals surface area contributed by atoms with E-state index in [9.17, 15) is 4.79 Å². The number of rotatable bonds is 6. The van der Waals surface area contributed by atoms with Gasteiger partial charge in [0.05, 0.1) is 0 Å². The van der Waals surface area contributed by atoms with Crippen molar-refractivity contribution in [3.63, 3.8) is 0 Å². The van der Waals surface area contributed by atoms with Gasteiger partial charge < -0.3 is 0 Å². The van der Waals surface area contributed by atoms with Crippen molar-refractivity contribution >= 4 is 11.6 Å². The van der Waals surface area contributed by atoms with Gasteiger partial charge in [-0.3, -0.25) is 4.79 Å². The van der Waals surface area contributed by atoms with Crippen molar-refractivity contribution in [3.05, 3.63) is 0 Å². The van der Waals surface area contributed by atoms with Crippen LogP contribution in [0.1, 0.15) is 52.9 Å². The summed E-state index contributed by atoms with van der Waals surface area (Å²) in [4.78, 5) is 11.1. The molecule has 0 heterocycles. The topological polar surface area (TPSA) is 41.5 Å². The Bertz CT molecular complexity index is 172. The lowest BCUT2D eigenvalue weighted by molar-refractivity contribution is -0.121. The van der Waals surface area contributed by atoms with Gasteiger partial charge >= 0.3 is 0 Å². The summed E-state index contributed by atoms with van der Waals surface area (Å²) in [6.45, 7) is 5.87. The van der Waals surface area contributed by atoms with Crippen molar-refractivity contribution in [1.82, 2.24) is 5.43 Å². The van der Waals surface area contributed by atoms with Crippen LogP contribution in [-0.4, -0.2) is 11.6 Å². The molecule has 3 heteroatoms. The van der Waals surface area contributed by atoms with E-state index in [1.54, 1.807) is 0 Å². The summed E-state index contributed by atoms with van der Waals surface area (Å²) in [5, 5.41) is 3.84. The van der Waals surface area contributed by atoms with E-state index in [0.717, 1.165) is 18.6 Å². The number of nitrogens with zero attached hydrogens (tertiary/aromatic N) is 1. The van der Waals surface area contributed by atoms with Crippen LogP contribution < -0.4 is 5.43 Å². The monoisotopic (exact) mass is 184 g/mol. The third-order valence-electron chi connectivity index (χ3n) is 1.66. The van der Waals surface area contributed by atoms with E-state index >= 15 is 0 Å². The van der Waals surface area contributed by atoms with Crippen molar-refractivity contribution in [2.75, 3.05) is 0 Å². The zero-order chi connectivity index (χ0) is 10.1. The molecule has 0 radical (unpaired) electrons. The number of carbonyl (C=O) groups excluding carboxylic acids is 1. The second-order valence-corrected chi connectivity index (χ2v) is 3.40. The van der Waals surface area contributed by atoms with Crippen molar-refractivity contribution in [1.29, 1.82) is 0 Å². The maximum absolute atomic E-state index is 11.1. The Labute approximate surface area is 80.6 Å². The second kappa shape index (κ2) is 7.77. The van der Waals surface area contributed by atoms with Crippen molar-refractivity contribution < 1.29 is 4.79 Å². The van der Waals surface area contributed by atoms with Crippen LogP contribution in [0.5, 0.6) is 0 Å². The molecule has 0 spiro atoms. The summed E-state index contributed by atoms with van der Waals surface area (Å²) >= 11 is 0. The highest BCUT2D eigenvalue weighted by Crippen LogP contribution is 2.01. The van der Waals surface area contributed by atoms with E-state index in [1.807, 2.05) is 13.8 Å². The molecular formula is C10H20N2O. The quantitative estimate of drug-likeness (QED) is 0.384. The summed E-state index contributed by atoms with van der Waals surface area (Å²) in [6, 6.07) is 0. The molecule has 0 saturated carbocycles. The first-order chi connectivity index (χ1) is 6.16. The Morgan fingerprint density at radius 1 is 1.23 bits per heavy atom. The molecule has 0 unspecified atom stereocenters. The Kier molecular flexibility index (Phi) is 7.26. The zero-order valence-electron chi connectivity index (χ0n) is 8.89. The Hall–Kier alpha value is -0.860. The van der Waals surface area contributed by atoms with Crippen LogP contribution in [0.25, 0.3) is 0 Å². The number of nitrogens with one attached hydrogen (secondary N) is 1. The fourth-order valence-electron chi connectivity index (χ4n) is 0.942. The molecule has 0 aliphatic carbocycles. The van der Waals surface area contributed by atoms with Crippen molar-refractivity contribution in [3.8, 4) is 0 Å². The van der Waals surface area contributed by atoms with Gasteiger partial charge in [-0.25, -0.2) is 5.43 Å². The first-order valence-electron chi connectivity index (χ1n) is 4.96. The maximum atomic E-state index is 11.1. The second-order valence-electron chi connectivity index (χ2n) is 3.40. The number of hydrogen-bond donors (Lipinski definition) is 1. The highest BCUT2D eigenvalue weighted by Gasteiger charge is 1.98. The Morgan fingerprint density at radius 2 is 1.92 bits per heavy atom. The van der Waals surface area contributed by atoms with Crippen LogP contribution in [0.4, 0.5) is 0 Å². The van der Waals surface area contributed by atoms with E-state index in [0.29, 0.717) is 6.42 Å². The average Bonchev–Trinajstić information content (AvgIpc) is 2.09. The molecule has 0 aromatic heterocycles. The minimum Gasteiger partial charge on any atom is -0.273 e. The highest BCUT2D eigenvalue weighted by molar-refractivity contribution is 5.82. The third-order valence-corrected chi connectivity index (χ3v) is 1.66. The largest absolute Gasteiger partial charge is 0.273 e. The molecule has 0 fully saturated rings. The smallest absolute Gasteiger partial charge is 0.240 e. The summed E-state index contributed by atoms with van der Waals surface area (Å²) < 4.78 is 0. The number of carbonyl (C=O) groups is 1. The molecule has 0 rings (SSSR count). The molecule has 0 bridgehead atoms.